The van der Waals surface area contributed by atoms with Crippen LogP contribution in [-0.4, -0.2) is 33.3 Å². The zero-order valence-corrected chi connectivity index (χ0v) is 12.2. The van der Waals surface area contributed by atoms with Crippen molar-refractivity contribution in [2.24, 2.45) is 0 Å². The Morgan fingerprint density at radius 1 is 1.00 bits per heavy atom. The van der Waals surface area contributed by atoms with Gasteiger partial charge >= 0.3 is 7.12 Å². The van der Waals surface area contributed by atoms with E-state index in [4.69, 9.17) is 9.31 Å². The Hall–Kier alpha value is -1.66. The largest absolute Gasteiger partial charge is 0.518 e. The van der Waals surface area contributed by atoms with Crippen LogP contribution in [0.4, 0.5) is 0 Å². The van der Waals surface area contributed by atoms with E-state index in [0.717, 1.165) is 5.69 Å². The Bertz CT molecular complexity index is 594. The molecule has 0 unspecified atom stereocenters. The van der Waals surface area contributed by atoms with Crippen LogP contribution in [0.15, 0.2) is 36.5 Å². The molecule has 104 valence electrons. The summed E-state index contributed by atoms with van der Waals surface area (Å²) in [6, 6.07) is 9.85. The highest BCUT2D eigenvalue weighted by Crippen LogP contribution is 2.36. The Balaban J connectivity index is 1.86. The van der Waals surface area contributed by atoms with Crippen LogP contribution in [0.1, 0.15) is 27.7 Å². The van der Waals surface area contributed by atoms with Crippen molar-refractivity contribution >= 4 is 12.7 Å². The van der Waals surface area contributed by atoms with E-state index < -0.39 is 7.12 Å². The summed E-state index contributed by atoms with van der Waals surface area (Å²) in [5, 5.41) is 8.30. The molecule has 0 atom stereocenters. The van der Waals surface area contributed by atoms with Gasteiger partial charge in [0.15, 0.2) is 0 Å². The van der Waals surface area contributed by atoms with Crippen LogP contribution < -0.4 is 5.59 Å². The average molecular weight is 271 g/mol. The topological polar surface area (TPSA) is 49.2 Å². The molecule has 0 saturated carbocycles. The summed E-state index contributed by atoms with van der Waals surface area (Å²) in [7, 11) is -0.475. The zero-order valence-electron chi connectivity index (χ0n) is 12.2. The Morgan fingerprint density at radius 2 is 1.60 bits per heavy atom. The molecule has 1 aliphatic rings. The van der Waals surface area contributed by atoms with Crippen molar-refractivity contribution in [3.05, 3.63) is 36.5 Å². The van der Waals surface area contributed by atoms with Gasteiger partial charge in [-0.15, -0.1) is 5.10 Å². The van der Waals surface area contributed by atoms with E-state index in [1.165, 1.54) is 0 Å². The summed E-state index contributed by atoms with van der Waals surface area (Å²) in [6.45, 7) is 8.09. The second-order valence-electron chi connectivity index (χ2n) is 6.01. The SMILES string of the molecule is CC1(C)OB(c2cn(-c3ccccc3)nn2)OC1(C)C. The first-order valence-corrected chi connectivity index (χ1v) is 6.72. The van der Waals surface area contributed by atoms with Gasteiger partial charge in [-0.3, -0.25) is 0 Å². The van der Waals surface area contributed by atoms with E-state index in [1.54, 1.807) is 4.68 Å². The predicted molar refractivity (Wildman–Crippen MR) is 77.1 cm³/mol. The number of nitrogens with zero attached hydrogens (tertiary/aromatic N) is 3. The van der Waals surface area contributed by atoms with Crippen LogP contribution >= 0.6 is 0 Å². The third kappa shape index (κ3) is 2.15. The minimum absolute atomic E-state index is 0.367. The molecule has 0 amide bonds. The van der Waals surface area contributed by atoms with Crippen molar-refractivity contribution in [3.8, 4) is 5.69 Å². The fraction of sp³-hybridized carbons (Fsp3) is 0.429. The molecular formula is C14H18BN3O2. The zero-order chi connectivity index (χ0) is 14.4. The summed E-state index contributed by atoms with van der Waals surface area (Å²) >= 11 is 0. The summed E-state index contributed by atoms with van der Waals surface area (Å²) in [6.07, 6.45) is 1.84. The first kappa shape index (κ1) is 13.3. The number of benzene rings is 1. The van der Waals surface area contributed by atoms with Crippen molar-refractivity contribution in [2.45, 2.75) is 38.9 Å². The van der Waals surface area contributed by atoms with Gasteiger partial charge in [-0.05, 0) is 39.8 Å². The lowest BCUT2D eigenvalue weighted by atomic mass is 9.86. The predicted octanol–water partition coefficient (Wildman–Crippen LogP) is 1.57. The second kappa shape index (κ2) is 4.43. The fourth-order valence-electron chi connectivity index (χ4n) is 2.06. The molecule has 1 aliphatic heterocycles. The smallest absolute Gasteiger partial charge is 0.398 e. The third-order valence-electron chi connectivity index (χ3n) is 4.03. The molecule has 3 rings (SSSR count). The molecule has 0 N–H and O–H groups in total. The van der Waals surface area contributed by atoms with Crippen LogP contribution in [0.25, 0.3) is 5.69 Å². The molecule has 6 heteroatoms. The molecule has 20 heavy (non-hydrogen) atoms. The van der Waals surface area contributed by atoms with E-state index in [1.807, 2.05) is 64.2 Å². The van der Waals surface area contributed by atoms with Crippen LogP contribution in [0.2, 0.25) is 0 Å². The summed E-state index contributed by atoms with van der Waals surface area (Å²) in [5.74, 6) is 0. The van der Waals surface area contributed by atoms with E-state index in [-0.39, 0.29) is 11.2 Å². The van der Waals surface area contributed by atoms with Crippen molar-refractivity contribution in [2.75, 3.05) is 0 Å². The van der Waals surface area contributed by atoms with E-state index in [0.29, 0.717) is 5.59 Å². The maximum Gasteiger partial charge on any atom is 0.518 e. The van der Waals surface area contributed by atoms with Gasteiger partial charge in [0.2, 0.25) is 0 Å². The Morgan fingerprint density at radius 3 is 2.20 bits per heavy atom. The average Bonchev–Trinajstić information content (AvgIpc) is 2.94. The van der Waals surface area contributed by atoms with E-state index >= 15 is 0 Å². The molecule has 1 fully saturated rings. The van der Waals surface area contributed by atoms with Gasteiger partial charge in [-0.25, -0.2) is 4.68 Å². The maximum absolute atomic E-state index is 5.96. The number of rotatable bonds is 2. The normalized spacial score (nSPS) is 20.3. The minimum Gasteiger partial charge on any atom is -0.398 e. The number of hydrogen-bond donors (Lipinski definition) is 0. The summed E-state index contributed by atoms with van der Waals surface area (Å²) < 4.78 is 13.6. The molecule has 2 aromatic rings. The quantitative estimate of drug-likeness (QED) is 0.778. The lowest BCUT2D eigenvalue weighted by molar-refractivity contribution is 0.00578. The molecule has 1 aromatic carbocycles. The molecule has 1 saturated heterocycles. The summed E-state index contributed by atoms with van der Waals surface area (Å²) in [4.78, 5) is 0. The number of hydrogen-bond acceptors (Lipinski definition) is 4. The minimum atomic E-state index is -0.475. The van der Waals surface area contributed by atoms with Crippen LogP contribution in [0.5, 0.6) is 0 Å². The fourth-order valence-corrected chi connectivity index (χ4v) is 2.06. The Kier molecular flexibility index (Phi) is 2.95. The standard InChI is InChI=1S/C14H18BN3O2/c1-13(2)14(3,4)20-15(19-13)12-10-18(17-16-12)11-8-6-5-7-9-11/h5-10H,1-4H3. The van der Waals surface area contributed by atoms with Gasteiger partial charge in [-0.2, -0.15) is 0 Å². The molecule has 0 radical (unpaired) electrons. The molecule has 1 aromatic heterocycles. The van der Waals surface area contributed by atoms with Gasteiger partial charge in [0.25, 0.3) is 0 Å². The molecule has 0 bridgehead atoms. The highest BCUT2D eigenvalue weighted by Gasteiger charge is 2.52. The second-order valence-corrected chi connectivity index (χ2v) is 6.01. The highest BCUT2D eigenvalue weighted by atomic mass is 16.7. The number of para-hydroxylation sites is 1. The first-order chi connectivity index (χ1) is 9.39. The Labute approximate surface area is 119 Å². The molecule has 0 aliphatic carbocycles. The lowest BCUT2D eigenvalue weighted by Crippen LogP contribution is -2.41. The van der Waals surface area contributed by atoms with Crippen LogP contribution in [-0.2, 0) is 9.31 Å². The monoisotopic (exact) mass is 271 g/mol. The molecule has 5 nitrogen and oxygen atoms in total. The van der Waals surface area contributed by atoms with Crippen molar-refractivity contribution in [1.29, 1.82) is 0 Å². The van der Waals surface area contributed by atoms with E-state index in [9.17, 15) is 0 Å². The molecule has 0 spiro atoms. The van der Waals surface area contributed by atoms with Crippen LogP contribution in [0, 0.1) is 0 Å². The molecule has 2 heterocycles. The summed E-state index contributed by atoms with van der Waals surface area (Å²) in [5.41, 5.74) is 0.915. The van der Waals surface area contributed by atoms with Crippen molar-refractivity contribution < 1.29 is 9.31 Å². The van der Waals surface area contributed by atoms with E-state index in [2.05, 4.69) is 10.3 Å². The number of aromatic nitrogens is 3. The lowest BCUT2D eigenvalue weighted by Gasteiger charge is -2.32. The van der Waals surface area contributed by atoms with Gasteiger partial charge in [0.05, 0.1) is 23.1 Å². The maximum atomic E-state index is 5.96. The van der Waals surface area contributed by atoms with Crippen molar-refractivity contribution in [1.82, 2.24) is 15.0 Å². The molecular weight excluding hydrogens is 253 g/mol. The van der Waals surface area contributed by atoms with Crippen molar-refractivity contribution in [3.63, 3.8) is 0 Å². The van der Waals surface area contributed by atoms with Gasteiger partial charge in [0.1, 0.15) is 5.59 Å². The van der Waals surface area contributed by atoms with Crippen LogP contribution in [0.3, 0.4) is 0 Å². The first-order valence-electron chi connectivity index (χ1n) is 6.72. The van der Waals surface area contributed by atoms with Gasteiger partial charge < -0.3 is 9.31 Å². The van der Waals surface area contributed by atoms with Gasteiger partial charge in [-0.1, -0.05) is 23.4 Å². The highest BCUT2D eigenvalue weighted by molar-refractivity contribution is 6.61. The van der Waals surface area contributed by atoms with Gasteiger partial charge in [0, 0.05) is 0 Å². The third-order valence-corrected chi connectivity index (χ3v) is 4.03.